The number of rotatable bonds is 8. The summed E-state index contributed by atoms with van der Waals surface area (Å²) in [5.41, 5.74) is -3.37. The van der Waals surface area contributed by atoms with Gasteiger partial charge in [-0.25, -0.2) is 0 Å². The zero-order valence-corrected chi connectivity index (χ0v) is 21.0. The lowest BCUT2D eigenvalue weighted by atomic mass is 10.0. The quantitative estimate of drug-likeness (QED) is 0.109. The molecule has 1 aromatic heterocycles. The Kier molecular flexibility index (Phi) is 8.89. The van der Waals surface area contributed by atoms with Crippen molar-refractivity contribution in [1.29, 1.82) is 5.26 Å². The first-order chi connectivity index (χ1) is 17.8. The number of benzene rings is 2. The van der Waals surface area contributed by atoms with E-state index in [0.717, 1.165) is 11.3 Å². The van der Waals surface area contributed by atoms with Crippen molar-refractivity contribution in [3.8, 4) is 17.6 Å². The normalized spacial score (nSPS) is 12.1. The molecule has 15 heteroatoms. The van der Waals surface area contributed by atoms with Gasteiger partial charge >= 0.3 is 12.4 Å². The summed E-state index contributed by atoms with van der Waals surface area (Å²) in [6.45, 7) is -0.704. The van der Waals surface area contributed by atoms with Crippen LogP contribution in [0, 0.1) is 11.3 Å². The van der Waals surface area contributed by atoms with E-state index in [1.807, 2.05) is 0 Å². The molecule has 0 saturated heterocycles. The summed E-state index contributed by atoms with van der Waals surface area (Å²) < 4.78 is 90.1. The highest BCUT2D eigenvalue weighted by Gasteiger charge is 2.38. The molecule has 3 aromatic rings. The number of carbonyl (C=O) groups is 1. The lowest BCUT2D eigenvalue weighted by molar-refractivity contribution is -0.143. The number of nitrogens with one attached hydrogen (secondary N) is 1. The van der Waals surface area contributed by atoms with Crippen molar-refractivity contribution in [2.45, 2.75) is 23.3 Å². The third kappa shape index (κ3) is 7.17. The van der Waals surface area contributed by atoms with Crippen LogP contribution in [0.5, 0.6) is 11.5 Å². The molecule has 0 radical (unpaired) electrons. The van der Waals surface area contributed by atoms with Crippen molar-refractivity contribution in [3.63, 3.8) is 0 Å². The Balaban J connectivity index is 1.81. The Morgan fingerprint density at radius 2 is 1.84 bits per heavy atom. The topological polar surface area (TPSA) is 97.1 Å². The van der Waals surface area contributed by atoms with Gasteiger partial charge in [0.25, 0.3) is 5.91 Å². The fourth-order valence-corrected chi connectivity index (χ4v) is 4.18. The SMILES string of the molecule is COc1cc(/C=C(\C#N)C(=O)Nc2nnc(SC)s2)ccc1OCc1ccc(C(F)(F)F)cc1C(F)(F)F. The van der Waals surface area contributed by atoms with Gasteiger partial charge in [0.1, 0.15) is 18.2 Å². The predicted molar refractivity (Wildman–Crippen MR) is 128 cm³/mol. The van der Waals surface area contributed by atoms with Crippen LogP contribution in [0.1, 0.15) is 22.3 Å². The average Bonchev–Trinajstić information content (AvgIpc) is 3.32. The molecule has 0 aliphatic rings. The number of hydrogen-bond donors (Lipinski definition) is 1. The maximum Gasteiger partial charge on any atom is 0.416 e. The summed E-state index contributed by atoms with van der Waals surface area (Å²) in [6, 6.07) is 7.14. The Bertz CT molecular complexity index is 1400. The van der Waals surface area contributed by atoms with Crippen LogP contribution in [-0.4, -0.2) is 29.5 Å². The van der Waals surface area contributed by atoms with E-state index in [0.29, 0.717) is 22.0 Å². The smallest absolute Gasteiger partial charge is 0.416 e. The van der Waals surface area contributed by atoms with Gasteiger partial charge in [-0.05, 0) is 42.2 Å². The molecule has 0 atom stereocenters. The number of aromatic nitrogens is 2. The predicted octanol–water partition coefficient (Wildman–Crippen LogP) is 6.43. The van der Waals surface area contributed by atoms with Crippen molar-refractivity contribution >= 4 is 40.2 Å². The average molecular weight is 575 g/mol. The lowest BCUT2D eigenvalue weighted by Gasteiger charge is -2.17. The monoisotopic (exact) mass is 574 g/mol. The summed E-state index contributed by atoms with van der Waals surface area (Å²) in [5, 5.41) is 19.7. The van der Waals surface area contributed by atoms with Gasteiger partial charge in [0.2, 0.25) is 5.13 Å². The summed E-state index contributed by atoms with van der Waals surface area (Å²) in [7, 11) is 1.26. The van der Waals surface area contributed by atoms with Crippen LogP contribution in [-0.2, 0) is 23.8 Å². The molecule has 0 unspecified atom stereocenters. The van der Waals surface area contributed by atoms with Gasteiger partial charge in [-0.1, -0.05) is 35.2 Å². The van der Waals surface area contributed by atoms with E-state index in [4.69, 9.17) is 9.47 Å². The highest BCUT2D eigenvalue weighted by Crippen LogP contribution is 2.38. The molecule has 3 rings (SSSR count). The molecule has 38 heavy (non-hydrogen) atoms. The van der Waals surface area contributed by atoms with Crippen LogP contribution in [0.25, 0.3) is 6.08 Å². The fourth-order valence-electron chi connectivity index (χ4n) is 3.01. The van der Waals surface area contributed by atoms with Gasteiger partial charge in [-0.15, -0.1) is 10.2 Å². The second-order valence-electron chi connectivity index (χ2n) is 7.27. The number of ether oxygens (including phenoxy) is 2. The van der Waals surface area contributed by atoms with E-state index in [1.54, 1.807) is 12.3 Å². The molecule has 0 aliphatic heterocycles. The van der Waals surface area contributed by atoms with Gasteiger partial charge < -0.3 is 9.47 Å². The zero-order valence-electron chi connectivity index (χ0n) is 19.4. The molecule has 2 aromatic carbocycles. The number of nitrogens with zero attached hydrogens (tertiary/aromatic N) is 3. The Morgan fingerprint density at radius 1 is 1.11 bits per heavy atom. The largest absolute Gasteiger partial charge is 0.493 e. The molecule has 7 nitrogen and oxygen atoms in total. The van der Waals surface area contributed by atoms with Crippen molar-refractivity contribution in [1.82, 2.24) is 10.2 Å². The van der Waals surface area contributed by atoms with Crippen LogP contribution in [0.4, 0.5) is 31.5 Å². The number of carbonyl (C=O) groups excluding carboxylic acids is 1. The number of hydrogen-bond acceptors (Lipinski definition) is 8. The summed E-state index contributed by atoms with van der Waals surface area (Å²) in [6.07, 6.45) is -6.96. The second kappa shape index (κ2) is 11.7. The summed E-state index contributed by atoms with van der Waals surface area (Å²) in [5.74, 6) is -0.706. The third-order valence-electron chi connectivity index (χ3n) is 4.79. The molecule has 1 amide bonds. The van der Waals surface area contributed by atoms with E-state index in [9.17, 15) is 36.4 Å². The van der Waals surface area contributed by atoms with Crippen molar-refractivity contribution in [2.24, 2.45) is 0 Å². The molecule has 0 saturated carbocycles. The van der Waals surface area contributed by atoms with E-state index in [-0.39, 0.29) is 28.3 Å². The van der Waals surface area contributed by atoms with Crippen LogP contribution >= 0.6 is 23.1 Å². The maximum atomic E-state index is 13.4. The zero-order chi connectivity index (χ0) is 28.1. The van der Waals surface area contributed by atoms with Crippen molar-refractivity contribution in [2.75, 3.05) is 18.7 Å². The highest BCUT2D eigenvalue weighted by molar-refractivity contribution is 8.00. The second-order valence-corrected chi connectivity index (χ2v) is 9.30. The number of alkyl halides is 6. The van der Waals surface area contributed by atoms with E-state index in [2.05, 4.69) is 15.5 Å². The summed E-state index contributed by atoms with van der Waals surface area (Å²) in [4.78, 5) is 12.4. The third-order valence-corrected chi connectivity index (χ3v) is 6.61. The van der Waals surface area contributed by atoms with Crippen LogP contribution < -0.4 is 14.8 Å². The Labute approximate surface area is 220 Å². The Morgan fingerprint density at radius 3 is 2.42 bits per heavy atom. The summed E-state index contributed by atoms with van der Waals surface area (Å²) >= 11 is 2.45. The minimum absolute atomic E-state index is 0.0147. The molecule has 200 valence electrons. The highest BCUT2D eigenvalue weighted by atomic mass is 32.2. The number of nitriles is 1. The first-order valence-electron chi connectivity index (χ1n) is 10.2. The minimum Gasteiger partial charge on any atom is -0.493 e. The van der Waals surface area contributed by atoms with Crippen molar-refractivity contribution in [3.05, 3.63) is 64.2 Å². The molecule has 0 spiro atoms. The molecule has 0 fully saturated rings. The molecule has 0 bridgehead atoms. The molecule has 1 heterocycles. The molecule has 1 N–H and O–H groups in total. The van der Waals surface area contributed by atoms with E-state index >= 15 is 0 Å². The van der Waals surface area contributed by atoms with Crippen molar-refractivity contribution < 1.29 is 40.6 Å². The number of halogens is 6. The molecular formula is C23H16F6N4O3S2. The van der Waals surface area contributed by atoms with Crippen LogP contribution in [0.3, 0.4) is 0 Å². The standard InChI is InChI=1S/C23H16F6N4O3S2/c1-35-18-8-12(7-14(10-30)19(34)31-20-32-33-21(37-2)38-20)3-6-17(18)36-11-13-4-5-15(22(24,25)26)9-16(13)23(27,28)29/h3-9H,11H2,1-2H3,(H,31,32,34)/b14-7+. The molecule has 0 aliphatic carbocycles. The van der Waals surface area contributed by atoms with Crippen LogP contribution in [0.2, 0.25) is 0 Å². The van der Waals surface area contributed by atoms with E-state index in [1.165, 1.54) is 43.1 Å². The first kappa shape index (κ1) is 28.8. The van der Waals surface area contributed by atoms with Gasteiger partial charge in [-0.2, -0.15) is 31.6 Å². The van der Waals surface area contributed by atoms with Gasteiger partial charge in [0, 0.05) is 5.56 Å². The fraction of sp³-hybridized carbons (Fsp3) is 0.217. The molecular weight excluding hydrogens is 558 g/mol. The Hall–Kier alpha value is -3.77. The number of methoxy groups -OCH3 is 1. The van der Waals surface area contributed by atoms with Gasteiger partial charge in [0.05, 0.1) is 18.2 Å². The minimum atomic E-state index is -5.04. The van der Waals surface area contributed by atoms with Gasteiger partial charge in [-0.3, -0.25) is 10.1 Å². The maximum absolute atomic E-state index is 13.4. The van der Waals surface area contributed by atoms with E-state index < -0.39 is 41.6 Å². The first-order valence-corrected chi connectivity index (χ1v) is 12.3. The van der Waals surface area contributed by atoms with Gasteiger partial charge in [0.15, 0.2) is 15.8 Å². The number of thioether (sulfide) groups is 1. The lowest BCUT2D eigenvalue weighted by Crippen LogP contribution is -2.14. The number of anilines is 1. The number of amides is 1. The van der Waals surface area contributed by atoms with Crippen LogP contribution in [0.15, 0.2) is 46.3 Å².